The number of nitrogens with zero attached hydrogens (tertiary/aromatic N) is 3. The highest BCUT2D eigenvalue weighted by Crippen LogP contribution is 2.32. The van der Waals surface area contributed by atoms with E-state index in [1.54, 1.807) is 24.3 Å². The maximum atomic E-state index is 12.8. The number of piperidine rings is 1. The molecule has 1 aliphatic heterocycles. The van der Waals surface area contributed by atoms with Gasteiger partial charge in [-0.05, 0) is 51.8 Å². The van der Waals surface area contributed by atoms with Gasteiger partial charge in [0.05, 0.1) is 16.6 Å². The highest BCUT2D eigenvalue weighted by molar-refractivity contribution is 7.15. The Balaban J connectivity index is 1.58. The Morgan fingerprint density at radius 2 is 2.16 bits per heavy atom. The van der Waals surface area contributed by atoms with Crippen LogP contribution >= 0.6 is 11.3 Å². The first kappa shape index (κ1) is 16.2. The molecule has 0 unspecified atom stereocenters. The Morgan fingerprint density at radius 3 is 2.96 bits per heavy atom. The first-order valence-electron chi connectivity index (χ1n) is 8.33. The summed E-state index contributed by atoms with van der Waals surface area (Å²) in [6.07, 6.45) is 4.10. The monoisotopic (exact) mass is 357 g/mol. The Kier molecular flexibility index (Phi) is 4.22. The minimum absolute atomic E-state index is 0.215. The standard InChI is InChI=1S/C17H19N5O2S/c1-9-7-12(14-10(2)22-24-16(14)20-9)15(23)21-17-19-8-13(25-17)11-3-5-18-6-4-11/h7-8,11,18H,3-6H2,1-2H3,(H,19,21,23). The highest BCUT2D eigenvalue weighted by atomic mass is 32.1. The normalized spacial score (nSPS) is 15.6. The van der Waals surface area contributed by atoms with E-state index in [0.29, 0.717) is 39.1 Å². The minimum atomic E-state index is -0.215. The average molecular weight is 357 g/mol. The van der Waals surface area contributed by atoms with Gasteiger partial charge >= 0.3 is 0 Å². The van der Waals surface area contributed by atoms with Crippen molar-refractivity contribution in [3.8, 4) is 0 Å². The molecule has 3 aromatic heterocycles. The van der Waals surface area contributed by atoms with Gasteiger partial charge in [0.2, 0.25) is 0 Å². The number of fused-ring (bicyclic) bond motifs is 1. The SMILES string of the molecule is Cc1cc(C(=O)Nc2ncc(C3CCNCC3)s2)c2c(C)noc2n1. The summed E-state index contributed by atoms with van der Waals surface area (Å²) in [6, 6.07) is 1.75. The third kappa shape index (κ3) is 3.14. The summed E-state index contributed by atoms with van der Waals surface area (Å²) in [6.45, 7) is 5.70. The second kappa shape index (κ2) is 6.53. The molecule has 4 rings (SSSR count). The minimum Gasteiger partial charge on any atom is -0.336 e. The van der Waals surface area contributed by atoms with E-state index in [4.69, 9.17) is 4.52 Å². The predicted octanol–water partition coefficient (Wildman–Crippen LogP) is 3.02. The van der Waals surface area contributed by atoms with Crippen molar-refractivity contribution in [1.82, 2.24) is 20.4 Å². The molecule has 1 aliphatic rings. The van der Waals surface area contributed by atoms with Gasteiger partial charge in [0, 0.05) is 16.8 Å². The fourth-order valence-corrected chi connectivity index (χ4v) is 4.18. The van der Waals surface area contributed by atoms with Crippen LogP contribution in [-0.2, 0) is 0 Å². The van der Waals surface area contributed by atoms with Crippen LogP contribution in [0.1, 0.15) is 45.4 Å². The summed E-state index contributed by atoms with van der Waals surface area (Å²) in [7, 11) is 0. The van der Waals surface area contributed by atoms with Crippen molar-refractivity contribution in [3.05, 3.63) is 34.1 Å². The van der Waals surface area contributed by atoms with Crippen molar-refractivity contribution in [3.63, 3.8) is 0 Å². The number of amides is 1. The van der Waals surface area contributed by atoms with Gasteiger partial charge in [-0.25, -0.2) is 9.97 Å². The summed E-state index contributed by atoms with van der Waals surface area (Å²) < 4.78 is 5.19. The number of aryl methyl sites for hydroxylation is 2. The summed E-state index contributed by atoms with van der Waals surface area (Å²) in [5.41, 5.74) is 2.27. The number of nitrogens with one attached hydrogen (secondary N) is 2. The van der Waals surface area contributed by atoms with E-state index < -0.39 is 0 Å². The summed E-state index contributed by atoms with van der Waals surface area (Å²) in [5.74, 6) is 0.313. The molecule has 1 saturated heterocycles. The zero-order valence-electron chi connectivity index (χ0n) is 14.1. The number of carbonyl (C=O) groups is 1. The number of aromatic nitrogens is 3. The second-order valence-electron chi connectivity index (χ2n) is 6.31. The molecule has 0 radical (unpaired) electrons. The third-order valence-electron chi connectivity index (χ3n) is 4.48. The van der Waals surface area contributed by atoms with E-state index in [-0.39, 0.29) is 5.91 Å². The lowest BCUT2D eigenvalue weighted by molar-refractivity contribution is 0.102. The molecule has 0 spiro atoms. The molecule has 0 saturated carbocycles. The molecule has 25 heavy (non-hydrogen) atoms. The van der Waals surface area contributed by atoms with Crippen molar-refractivity contribution >= 4 is 33.5 Å². The molecule has 7 nitrogen and oxygen atoms in total. The number of rotatable bonds is 3. The molecule has 0 bridgehead atoms. The van der Waals surface area contributed by atoms with Crippen LogP contribution in [0.4, 0.5) is 5.13 Å². The van der Waals surface area contributed by atoms with Crippen molar-refractivity contribution in [2.24, 2.45) is 0 Å². The van der Waals surface area contributed by atoms with Gasteiger partial charge in [-0.15, -0.1) is 11.3 Å². The smallest absolute Gasteiger partial charge is 0.258 e. The maximum absolute atomic E-state index is 12.8. The Labute approximate surface area is 148 Å². The van der Waals surface area contributed by atoms with Crippen LogP contribution in [0.15, 0.2) is 16.8 Å². The van der Waals surface area contributed by atoms with E-state index in [1.165, 1.54) is 4.88 Å². The number of carbonyl (C=O) groups excluding carboxylic acids is 1. The number of hydrogen-bond donors (Lipinski definition) is 2. The first-order chi connectivity index (χ1) is 12.1. The van der Waals surface area contributed by atoms with Crippen LogP contribution in [0, 0.1) is 13.8 Å². The molecule has 3 aromatic rings. The van der Waals surface area contributed by atoms with Crippen molar-refractivity contribution < 1.29 is 9.32 Å². The first-order valence-corrected chi connectivity index (χ1v) is 9.15. The molecule has 1 fully saturated rings. The van der Waals surface area contributed by atoms with Gasteiger partial charge in [0.25, 0.3) is 11.6 Å². The molecule has 0 atom stereocenters. The zero-order chi connectivity index (χ0) is 17.4. The quantitative estimate of drug-likeness (QED) is 0.748. The van der Waals surface area contributed by atoms with E-state index in [0.717, 1.165) is 25.9 Å². The van der Waals surface area contributed by atoms with Crippen LogP contribution < -0.4 is 10.6 Å². The summed E-state index contributed by atoms with van der Waals surface area (Å²) in [5, 5.41) is 11.5. The van der Waals surface area contributed by atoms with Crippen LogP contribution in [-0.4, -0.2) is 34.1 Å². The molecule has 1 amide bonds. The van der Waals surface area contributed by atoms with Gasteiger partial charge in [0.15, 0.2) is 5.13 Å². The van der Waals surface area contributed by atoms with Crippen molar-refractivity contribution in [1.29, 1.82) is 0 Å². The van der Waals surface area contributed by atoms with Gasteiger partial charge < -0.3 is 9.84 Å². The van der Waals surface area contributed by atoms with Crippen molar-refractivity contribution in [2.75, 3.05) is 18.4 Å². The number of hydrogen-bond acceptors (Lipinski definition) is 7. The van der Waals surface area contributed by atoms with Gasteiger partial charge in [-0.1, -0.05) is 5.16 Å². The van der Waals surface area contributed by atoms with E-state index in [2.05, 4.69) is 25.8 Å². The molecule has 8 heteroatoms. The molecule has 0 aromatic carbocycles. The highest BCUT2D eigenvalue weighted by Gasteiger charge is 2.21. The van der Waals surface area contributed by atoms with Crippen LogP contribution in [0.3, 0.4) is 0 Å². The Bertz CT molecular complexity index is 926. The lowest BCUT2D eigenvalue weighted by Crippen LogP contribution is -2.26. The summed E-state index contributed by atoms with van der Waals surface area (Å²) in [4.78, 5) is 22.7. The maximum Gasteiger partial charge on any atom is 0.258 e. The van der Waals surface area contributed by atoms with Crippen LogP contribution in [0.2, 0.25) is 0 Å². The molecule has 0 aliphatic carbocycles. The van der Waals surface area contributed by atoms with Crippen LogP contribution in [0.25, 0.3) is 11.1 Å². The van der Waals surface area contributed by atoms with Crippen molar-refractivity contribution in [2.45, 2.75) is 32.6 Å². The third-order valence-corrected chi connectivity index (χ3v) is 5.55. The predicted molar refractivity (Wildman–Crippen MR) is 96.2 cm³/mol. The molecule has 2 N–H and O–H groups in total. The summed E-state index contributed by atoms with van der Waals surface area (Å²) >= 11 is 1.55. The molecular weight excluding hydrogens is 338 g/mol. The number of anilines is 1. The van der Waals surface area contributed by atoms with Crippen LogP contribution in [0.5, 0.6) is 0 Å². The number of pyridine rings is 1. The largest absolute Gasteiger partial charge is 0.336 e. The Hall–Kier alpha value is -2.32. The molecule has 4 heterocycles. The topological polar surface area (TPSA) is 92.9 Å². The second-order valence-corrected chi connectivity index (χ2v) is 7.37. The van der Waals surface area contributed by atoms with E-state index in [9.17, 15) is 4.79 Å². The van der Waals surface area contributed by atoms with Gasteiger partial charge in [0.1, 0.15) is 0 Å². The molecular formula is C17H19N5O2S. The Morgan fingerprint density at radius 1 is 1.36 bits per heavy atom. The fourth-order valence-electron chi connectivity index (χ4n) is 3.20. The lowest BCUT2D eigenvalue weighted by atomic mass is 9.97. The van der Waals surface area contributed by atoms with Gasteiger partial charge in [-0.2, -0.15) is 0 Å². The average Bonchev–Trinajstić information content (AvgIpc) is 3.22. The van der Waals surface area contributed by atoms with Gasteiger partial charge in [-0.3, -0.25) is 10.1 Å². The lowest BCUT2D eigenvalue weighted by Gasteiger charge is -2.20. The molecule has 130 valence electrons. The fraction of sp³-hybridized carbons (Fsp3) is 0.412. The van der Waals surface area contributed by atoms with E-state index >= 15 is 0 Å². The number of thiazole rings is 1. The van der Waals surface area contributed by atoms with E-state index in [1.807, 2.05) is 13.1 Å². The zero-order valence-corrected chi connectivity index (χ0v) is 14.9.